The summed E-state index contributed by atoms with van der Waals surface area (Å²) in [4.78, 5) is 34.6. The second-order valence-corrected chi connectivity index (χ2v) is 8.28. The number of rotatable bonds is 6. The highest BCUT2D eigenvalue weighted by molar-refractivity contribution is 5.71. The van der Waals surface area contributed by atoms with Gasteiger partial charge < -0.3 is 14.6 Å². The van der Waals surface area contributed by atoms with Crippen LogP contribution < -0.4 is 16.0 Å². The molecule has 5 rings (SSSR count). The van der Waals surface area contributed by atoms with Gasteiger partial charge in [0.05, 0.1) is 6.54 Å². The van der Waals surface area contributed by atoms with Gasteiger partial charge in [0.1, 0.15) is 0 Å². The van der Waals surface area contributed by atoms with E-state index in [9.17, 15) is 18.4 Å². The molecule has 10 heteroatoms. The molecular formula is C23H21F2N5O3. The maximum Gasteiger partial charge on any atom is 0.333 e. The molecule has 2 heterocycles. The first-order valence-electron chi connectivity index (χ1n) is 10.6. The van der Waals surface area contributed by atoms with E-state index in [1.807, 2.05) is 0 Å². The number of aromatic amines is 1. The number of imidazole rings is 1. The molecule has 33 heavy (non-hydrogen) atoms. The predicted molar refractivity (Wildman–Crippen MR) is 117 cm³/mol. The van der Waals surface area contributed by atoms with Crippen molar-refractivity contribution in [1.82, 2.24) is 24.0 Å². The molecule has 0 unspecified atom stereocenters. The largest absolute Gasteiger partial charge is 0.439 e. The fourth-order valence-electron chi connectivity index (χ4n) is 3.57. The van der Waals surface area contributed by atoms with Crippen LogP contribution in [0.15, 0.2) is 40.3 Å². The maximum absolute atomic E-state index is 13.8. The van der Waals surface area contributed by atoms with E-state index < -0.39 is 11.6 Å². The molecule has 3 aromatic rings. The second kappa shape index (κ2) is 7.92. The Morgan fingerprint density at radius 2 is 1.94 bits per heavy atom. The zero-order valence-electron chi connectivity index (χ0n) is 17.9. The summed E-state index contributed by atoms with van der Waals surface area (Å²) < 4.78 is 35.4. The number of H-pyrrole nitrogens is 1. The number of nitrogens with one attached hydrogen (secondary N) is 1. The summed E-state index contributed by atoms with van der Waals surface area (Å²) >= 11 is 0. The number of fused-ring (bicyclic) bond motifs is 1. The lowest BCUT2D eigenvalue weighted by molar-refractivity contribution is 0.258. The molecule has 2 fully saturated rings. The first-order chi connectivity index (χ1) is 15.8. The lowest BCUT2D eigenvalue weighted by Gasteiger charge is -2.19. The fraction of sp³-hybridized carbons (Fsp3) is 0.348. The van der Waals surface area contributed by atoms with Gasteiger partial charge in [0.2, 0.25) is 5.82 Å². The molecule has 0 atom stereocenters. The summed E-state index contributed by atoms with van der Waals surface area (Å²) in [6.07, 6.45) is 3.41. The summed E-state index contributed by atoms with van der Waals surface area (Å²) in [6, 6.07) is 3.64. The fourth-order valence-corrected chi connectivity index (χ4v) is 3.57. The molecule has 0 spiro atoms. The van der Waals surface area contributed by atoms with Crippen LogP contribution in [0.3, 0.4) is 0 Å². The number of halogens is 2. The molecular weight excluding hydrogens is 432 g/mol. The lowest BCUT2D eigenvalue weighted by Crippen LogP contribution is -2.39. The smallest absolute Gasteiger partial charge is 0.333 e. The Kier molecular flexibility index (Phi) is 5.04. The van der Waals surface area contributed by atoms with Gasteiger partial charge in [-0.3, -0.25) is 13.9 Å². The van der Waals surface area contributed by atoms with Crippen LogP contribution >= 0.6 is 0 Å². The Labute approximate surface area is 187 Å². The Hall–Kier alpha value is -3.87. The highest BCUT2D eigenvalue weighted by atomic mass is 19.2. The molecule has 1 N–H and O–H groups in total. The van der Waals surface area contributed by atoms with Crippen LogP contribution in [-0.4, -0.2) is 37.6 Å². The van der Waals surface area contributed by atoms with Gasteiger partial charge >= 0.3 is 5.69 Å². The number of nitrogens with zero attached hydrogens (tertiary/aromatic N) is 4. The van der Waals surface area contributed by atoms with Gasteiger partial charge in [-0.25, -0.2) is 14.2 Å². The third kappa shape index (κ3) is 3.91. The molecule has 2 aliphatic rings. The summed E-state index contributed by atoms with van der Waals surface area (Å²) in [5.74, 6) is 3.68. The number of aromatic nitrogens is 4. The SMILES string of the molecule is C=C(Oc1cccc(F)c1F)N(C)CC#Cc1nc2c([nH]1)c(=O)n(C1CC1)c(=O)n2C1CC1. The topological polar surface area (TPSA) is 85.2 Å². The first kappa shape index (κ1) is 21.0. The Morgan fingerprint density at radius 1 is 1.24 bits per heavy atom. The Balaban J connectivity index is 1.37. The minimum atomic E-state index is -1.10. The van der Waals surface area contributed by atoms with Crippen LogP contribution in [-0.2, 0) is 0 Å². The van der Waals surface area contributed by atoms with Gasteiger partial charge in [-0.2, -0.15) is 4.39 Å². The molecule has 1 aromatic carbocycles. The van der Waals surface area contributed by atoms with E-state index in [0.29, 0.717) is 5.65 Å². The maximum atomic E-state index is 13.8. The van der Waals surface area contributed by atoms with Crippen LogP contribution in [0.25, 0.3) is 11.2 Å². The van der Waals surface area contributed by atoms with E-state index in [1.54, 1.807) is 11.6 Å². The van der Waals surface area contributed by atoms with Crippen LogP contribution in [0.5, 0.6) is 5.75 Å². The van der Waals surface area contributed by atoms with Crippen molar-refractivity contribution in [2.24, 2.45) is 0 Å². The van der Waals surface area contributed by atoms with Gasteiger partial charge in [0.15, 0.2) is 34.4 Å². The zero-order valence-corrected chi connectivity index (χ0v) is 17.9. The lowest BCUT2D eigenvalue weighted by atomic mass is 10.3. The Morgan fingerprint density at radius 3 is 2.64 bits per heavy atom. The molecule has 0 bridgehead atoms. The highest BCUT2D eigenvalue weighted by Crippen LogP contribution is 2.36. The van der Waals surface area contributed by atoms with E-state index >= 15 is 0 Å². The number of benzene rings is 1. The molecule has 0 radical (unpaired) electrons. The Bertz CT molecular complexity index is 1450. The highest BCUT2D eigenvalue weighted by Gasteiger charge is 2.34. The predicted octanol–water partition coefficient (Wildman–Crippen LogP) is 2.67. The summed E-state index contributed by atoms with van der Waals surface area (Å²) in [6.45, 7) is 3.86. The van der Waals surface area contributed by atoms with E-state index in [-0.39, 0.29) is 52.9 Å². The third-order valence-electron chi connectivity index (χ3n) is 5.67. The van der Waals surface area contributed by atoms with Gasteiger partial charge in [-0.1, -0.05) is 12.0 Å². The van der Waals surface area contributed by atoms with Crippen LogP contribution in [0, 0.1) is 23.5 Å². The normalized spacial score (nSPS) is 15.2. The van der Waals surface area contributed by atoms with Gasteiger partial charge in [-0.15, -0.1) is 0 Å². The number of hydrogen-bond donors (Lipinski definition) is 1. The zero-order chi connectivity index (χ0) is 23.3. The molecule has 8 nitrogen and oxygen atoms in total. The van der Waals surface area contributed by atoms with Crippen LogP contribution in [0.2, 0.25) is 0 Å². The third-order valence-corrected chi connectivity index (χ3v) is 5.67. The quantitative estimate of drug-likeness (QED) is 0.458. The van der Waals surface area contributed by atoms with Crippen molar-refractivity contribution in [3.05, 3.63) is 69.0 Å². The van der Waals surface area contributed by atoms with Crippen molar-refractivity contribution in [2.75, 3.05) is 13.6 Å². The van der Waals surface area contributed by atoms with Crippen molar-refractivity contribution < 1.29 is 13.5 Å². The van der Waals surface area contributed by atoms with Gasteiger partial charge in [0.25, 0.3) is 5.56 Å². The first-order valence-corrected chi connectivity index (χ1v) is 10.6. The van der Waals surface area contributed by atoms with Gasteiger partial charge in [-0.05, 0) is 50.3 Å². The molecule has 2 aliphatic carbocycles. The minimum Gasteiger partial charge on any atom is -0.439 e. The molecule has 2 saturated carbocycles. The minimum absolute atomic E-state index is 0.0418. The van der Waals surface area contributed by atoms with Crippen molar-refractivity contribution in [3.63, 3.8) is 0 Å². The van der Waals surface area contributed by atoms with E-state index in [2.05, 4.69) is 28.4 Å². The van der Waals surface area contributed by atoms with Crippen molar-refractivity contribution in [3.8, 4) is 17.6 Å². The average Bonchev–Trinajstić information content (AvgIpc) is 3.71. The molecule has 0 saturated heterocycles. The molecule has 170 valence electrons. The average molecular weight is 453 g/mol. The standard InChI is InChI=1S/C23H21F2N5O3/c1-13(33-17-6-3-5-16(24)19(17)25)28(2)12-4-7-18-26-20-21(27-18)29(14-8-9-14)23(32)30(22(20)31)15-10-11-15/h3,5-6,14-15H,1,8-12H2,2H3,(H,26,27). The van der Waals surface area contributed by atoms with Crippen LogP contribution in [0.1, 0.15) is 43.6 Å². The summed E-state index contributed by atoms with van der Waals surface area (Å²) in [5, 5.41) is 0. The van der Waals surface area contributed by atoms with Crippen molar-refractivity contribution in [1.29, 1.82) is 0 Å². The molecule has 0 amide bonds. The summed E-state index contributed by atoms with van der Waals surface area (Å²) in [5.41, 5.74) is -0.0657. The number of hydrogen-bond acceptors (Lipinski definition) is 5. The van der Waals surface area contributed by atoms with Crippen molar-refractivity contribution in [2.45, 2.75) is 37.8 Å². The summed E-state index contributed by atoms with van der Waals surface area (Å²) in [7, 11) is 1.63. The van der Waals surface area contributed by atoms with Crippen LogP contribution in [0.4, 0.5) is 8.78 Å². The second-order valence-electron chi connectivity index (χ2n) is 8.28. The number of ether oxygens (including phenoxy) is 1. The van der Waals surface area contributed by atoms with E-state index in [1.165, 1.54) is 21.6 Å². The molecule has 0 aliphatic heterocycles. The van der Waals surface area contributed by atoms with E-state index in [0.717, 1.165) is 31.7 Å². The van der Waals surface area contributed by atoms with E-state index in [4.69, 9.17) is 4.74 Å². The monoisotopic (exact) mass is 453 g/mol. The van der Waals surface area contributed by atoms with Crippen molar-refractivity contribution >= 4 is 11.2 Å². The van der Waals surface area contributed by atoms with Gasteiger partial charge in [0, 0.05) is 19.1 Å². The molecule has 2 aromatic heterocycles.